The minimum atomic E-state index is 0.386. The van der Waals surface area contributed by atoms with Crippen molar-refractivity contribution < 1.29 is 0 Å². The summed E-state index contributed by atoms with van der Waals surface area (Å²) in [4.78, 5) is 10.8. The molecule has 0 spiro atoms. The van der Waals surface area contributed by atoms with Crippen LogP contribution in [0.15, 0.2) is 30.6 Å². The Morgan fingerprint density at radius 3 is 2.64 bits per heavy atom. The number of nitrogens with two attached hydrogens (primary N) is 1. The number of pyridine rings is 1. The van der Waals surface area contributed by atoms with E-state index in [9.17, 15) is 0 Å². The lowest BCUT2D eigenvalue weighted by Crippen LogP contribution is -1.94. The van der Waals surface area contributed by atoms with Crippen LogP contribution in [0.25, 0.3) is 11.3 Å². The van der Waals surface area contributed by atoms with Gasteiger partial charge in [0.25, 0.3) is 0 Å². The Bertz CT molecular complexity index is 492. The van der Waals surface area contributed by atoms with Gasteiger partial charge in [0, 0.05) is 24.0 Å². The minimum absolute atomic E-state index is 0.386. The zero-order chi connectivity index (χ0) is 9.97. The highest BCUT2D eigenvalue weighted by Gasteiger charge is 1.98. The van der Waals surface area contributed by atoms with Crippen LogP contribution >= 0.6 is 12.2 Å². The molecule has 0 saturated carbocycles. The van der Waals surface area contributed by atoms with Gasteiger partial charge in [-0.25, -0.2) is 4.98 Å². The van der Waals surface area contributed by atoms with Crippen molar-refractivity contribution in [2.45, 2.75) is 0 Å². The number of aromatic nitrogens is 3. The molecule has 5 heteroatoms. The highest BCUT2D eigenvalue weighted by Crippen LogP contribution is 2.16. The molecule has 0 aromatic carbocycles. The third-order valence-electron chi connectivity index (χ3n) is 1.76. The van der Waals surface area contributed by atoms with Gasteiger partial charge in [-0.2, -0.15) is 0 Å². The fraction of sp³-hybridized carbons (Fsp3) is 0. The molecule has 2 aromatic heterocycles. The molecule has 0 amide bonds. The van der Waals surface area contributed by atoms with Gasteiger partial charge in [-0.05, 0) is 24.4 Å². The molecule has 14 heavy (non-hydrogen) atoms. The minimum Gasteiger partial charge on any atom is -0.384 e. The van der Waals surface area contributed by atoms with E-state index >= 15 is 0 Å². The number of H-pyrrole nitrogens is 1. The summed E-state index contributed by atoms with van der Waals surface area (Å²) in [6.07, 6.45) is 3.42. The van der Waals surface area contributed by atoms with Crippen molar-refractivity contribution in [2.75, 3.05) is 5.73 Å². The fourth-order valence-corrected chi connectivity index (χ4v) is 1.38. The van der Waals surface area contributed by atoms with E-state index in [-0.39, 0.29) is 0 Å². The smallest absolute Gasteiger partial charge is 0.199 e. The van der Waals surface area contributed by atoms with Crippen molar-refractivity contribution in [3.05, 3.63) is 35.4 Å². The Morgan fingerprint density at radius 2 is 2.00 bits per heavy atom. The predicted octanol–water partition coefficient (Wildman–Crippen LogP) is 1.78. The number of nitrogens with one attached hydrogen (secondary N) is 1. The van der Waals surface area contributed by atoms with Crippen LogP contribution in [-0.2, 0) is 0 Å². The van der Waals surface area contributed by atoms with E-state index < -0.39 is 0 Å². The van der Waals surface area contributed by atoms with Gasteiger partial charge in [-0.3, -0.25) is 4.98 Å². The summed E-state index contributed by atoms with van der Waals surface area (Å²) in [6, 6.07) is 5.49. The Hall–Kier alpha value is -1.75. The quantitative estimate of drug-likeness (QED) is 0.695. The molecule has 0 fully saturated rings. The zero-order valence-corrected chi connectivity index (χ0v) is 8.08. The van der Waals surface area contributed by atoms with Gasteiger partial charge < -0.3 is 10.7 Å². The number of hydrogen-bond donors (Lipinski definition) is 2. The third-order valence-corrected chi connectivity index (χ3v) is 1.95. The van der Waals surface area contributed by atoms with E-state index in [0.717, 1.165) is 11.3 Å². The molecule has 0 atom stereocenters. The second-order valence-corrected chi connectivity index (χ2v) is 3.15. The maximum Gasteiger partial charge on any atom is 0.199 e. The highest BCUT2D eigenvalue weighted by molar-refractivity contribution is 7.71. The van der Waals surface area contributed by atoms with Crippen LogP contribution in [0.1, 0.15) is 0 Å². The number of anilines is 1. The molecule has 0 aliphatic heterocycles. The van der Waals surface area contributed by atoms with Gasteiger partial charge in [0.2, 0.25) is 0 Å². The van der Waals surface area contributed by atoms with Crippen LogP contribution in [0.3, 0.4) is 0 Å². The topological polar surface area (TPSA) is 67.6 Å². The average molecular weight is 204 g/mol. The van der Waals surface area contributed by atoms with Crippen molar-refractivity contribution in [3.63, 3.8) is 0 Å². The molecular weight excluding hydrogens is 196 g/mol. The fourth-order valence-electron chi connectivity index (χ4n) is 1.16. The van der Waals surface area contributed by atoms with Gasteiger partial charge in [0.15, 0.2) is 4.77 Å². The Balaban J connectivity index is 2.58. The molecule has 70 valence electrons. The molecule has 2 aromatic rings. The standard InChI is InChI=1S/C9H8N4S/c10-8-5-7(12-9(14)13-8)6-1-3-11-4-2-6/h1-5H,(H3,10,12,13,14). The van der Waals surface area contributed by atoms with E-state index in [1.54, 1.807) is 18.5 Å². The van der Waals surface area contributed by atoms with E-state index in [2.05, 4.69) is 15.0 Å². The van der Waals surface area contributed by atoms with Crippen LogP contribution in [0.5, 0.6) is 0 Å². The first-order valence-corrected chi connectivity index (χ1v) is 4.44. The Morgan fingerprint density at radius 1 is 1.29 bits per heavy atom. The lowest BCUT2D eigenvalue weighted by Gasteiger charge is -2.01. The summed E-state index contributed by atoms with van der Waals surface area (Å²) >= 11 is 4.92. The lowest BCUT2D eigenvalue weighted by atomic mass is 10.2. The number of rotatable bonds is 1. The summed E-state index contributed by atoms with van der Waals surface area (Å²) < 4.78 is 0.386. The van der Waals surface area contributed by atoms with Gasteiger partial charge in [-0.1, -0.05) is 0 Å². The number of nitrogens with zero attached hydrogens (tertiary/aromatic N) is 2. The first kappa shape index (κ1) is 8.83. The van der Waals surface area contributed by atoms with Crippen molar-refractivity contribution in [3.8, 4) is 11.3 Å². The molecular formula is C9H8N4S. The van der Waals surface area contributed by atoms with E-state index in [1.165, 1.54) is 0 Å². The summed E-state index contributed by atoms with van der Waals surface area (Å²) in [5.41, 5.74) is 7.42. The van der Waals surface area contributed by atoms with Gasteiger partial charge in [0.1, 0.15) is 5.82 Å². The molecule has 0 aliphatic carbocycles. The zero-order valence-electron chi connectivity index (χ0n) is 7.27. The molecule has 0 bridgehead atoms. The molecule has 0 unspecified atom stereocenters. The molecule has 4 nitrogen and oxygen atoms in total. The molecule has 2 heterocycles. The highest BCUT2D eigenvalue weighted by atomic mass is 32.1. The van der Waals surface area contributed by atoms with Crippen LogP contribution in [0.2, 0.25) is 0 Å². The first-order chi connectivity index (χ1) is 6.75. The van der Waals surface area contributed by atoms with Crippen LogP contribution < -0.4 is 5.73 Å². The normalized spacial score (nSPS) is 10.0. The summed E-state index contributed by atoms with van der Waals surface area (Å²) in [5.74, 6) is 0.417. The van der Waals surface area contributed by atoms with Crippen LogP contribution in [0, 0.1) is 4.77 Å². The van der Waals surface area contributed by atoms with Gasteiger partial charge in [-0.15, -0.1) is 0 Å². The molecule has 2 rings (SSSR count). The second-order valence-electron chi connectivity index (χ2n) is 2.76. The third kappa shape index (κ3) is 1.77. The Labute approximate surface area is 85.8 Å². The number of aromatic amines is 1. The largest absolute Gasteiger partial charge is 0.384 e. The van der Waals surface area contributed by atoms with Gasteiger partial charge in [0.05, 0.1) is 5.69 Å². The van der Waals surface area contributed by atoms with Crippen molar-refractivity contribution in [1.82, 2.24) is 15.0 Å². The predicted molar refractivity (Wildman–Crippen MR) is 57.1 cm³/mol. The van der Waals surface area contributed by atoms with E-state index in [0.29, 0.717) is 10.6 Å². The maximum absolute atomic E-state index is 5.58. The van der Waals surface area contributed by atoms with E-state index in [4.69, 9.17) is 18.0 Å². The van der Waals surface area contributed by atoms with Crippen molar-refractivity contribution in [1.29, 1.82) is 0 Å². The Kier molecular flexibility index (Phi) is 2.24. The monoisotopic (exact) mass is 204 g/mol. The van der Waals surface area contributed by atoms with Crippen LogP contribution in [-0.4, -0.2) is 15.0 Å². The molecule has 0 saturated heterocycles. The lowest BCUT2D eigenvalue weighted by molar-refractivity contribution is 1.14. The van der Waals surface area contributed by atoms with Crippen LogP contribution in [0.4, 0.5) is 5.82 Å². The average Bonchev–Trinajstić information content (AvgIpc) is 2.18. The van der Waals surface area contributed by atoms with E-state index in [1.807, 2.05) is 12.1 Å². The molecule has 0 aliphatic rings. The van der Waals surface area contributed by atoms with Crippen molar-refractivity contribution >= 4 is 18.0 Å². The summed E-state index contributed by atoms with van der Waals surface area (Å²) in [6.45, 7) is 0. The summed E-state index contributed by atoms with van der Waals surface area (Å²) in [5, 5.41) is 0. The second kappa shape index (κ2) is 3.55. The summed E-state index contributed by atoms with van der Waals surface area (Å²) in [7, 11) is 0. The van der Waals surface area contributed by atoms with Gasteiger partial charge >= 0.3 is 0 Å². The molecule has 3 N–H and O–H groups in total. The number of hydrogen-bond acceptors (Lipinski definition) is 4. The molecule has 0 radical (unpaired) electrons. The maximum atomic E-state index is 5.58. The SMILES string of the molecule is Nc1cc(-c2ccncc2)[nH]c(=S)n1. The van der Waals surface area contributed by atoms with Crippen molar-refractivity contribution in [2.24, 2.45) is 0 Å². The number of nitrogen functional groups attached to an aromatic ring is 1. The first-order valence-electron chi connectivity index (χ1n) is 4.03.